The number of carbonyl (C=O) groups is 5. The van der Waals surface area contributed by atoms with E-state index in [-0.39, 0.29) is 30.7 Å². The number of esters is 2. The molecule has 300 valence electrons. The van der Waals surface area contributed by atoms with Crippen molar-refractivity contribution >= 4 is 41.4 Å². The normalized spacial score (nSPS) is 16.4. The van der Waals surface area contributed by atoms with Crippen LogP contribution in [0.5, 0.6) is 0 Å². The van der Waals surface area contributed by atoms with Crippen molar-refractivity contribution in [1.82, 2.24) is 15.5 Å². The number of fused-ring (bicyclic) bond motifs is 1. The molecule has 0 bridgehead atoms. The highest BCUT2D eigenvalue weighted by molar-refractivity contribution is 8.00. The first-order valence-electron chi connectivity index (χ1n) is 19.3. The van der Waals surface area contributed by atoms with E-state index in [9.17, 15) is 24.0 Å². The highest BCUT2D eigenvalue weighted by atomic mass is 32.2. The van der Waals surface area contributed by atoms with Crippen LogP contribution < -0.4 is 10.6 Å². The summed E-state index contributed by atoms with van der Waals surface area (Å²) in [6, 6.07) is 43.8. The average molecular weight is 810 g/mol. The molecule has 2 aliphatic heterocycles. The van der Waals surface area contributed by atoms with Gasteiger partial charge in [-0.1, -0.05) is 140 Å². The van der Waals surface area contributed by atoms with E-state index in [1.165, 1.54) is 23.8 Å². The highest BCUT2D eigenvalue weighted by Gasteiger charge is 2.55. The Morgan fingerprint density at radius 1 is 0.695 bits per heavy atom. The second-order valence-corrected chi connectivity index (χ2v) is 15.1. The Kier molecular flexibility index (Phi) is 13.2. The smallest absolute Gasteiger partial charge is 0.359 e. The van der Waals surface area contributed by atoms with E-state index in [4.69, 9.17) is 14.2 Å². The molecular weight excluding hydrogens is 767 g/mol. The van der Waals surface area contributed by atoms with Crippen LogP contribution in [0.3, 0.4) is 0 Å². The van der Waals surface area contributed by atoms with Gasteiger partial charge in [0.05, 0.1) is 12.9 Å². The van der Waals surface area contributed by atoms with Crippen LogP contribution in [0.4, 0.5) is 0 Å². The van der Waals surface area contributed by atoms with Crippen LogP contribution in [0.15, 0.2) is 163 Å². The molecule has 5 aromatic rings. The van der Waals surface area contributed by atoms with Gasteiger partial charge in [-0.15, -0.1) is 11.8 Å². The molecule has 1 saturated heterocycles. The van der Waals surface area contributed by atoms with Crippen molar-refractivity contribution in [3.05, 3.63) is 191 Å². The number of hydrogen-bond donors (Lipinski definition) is 2. The lowest BCUT2D eigenvalue weighted by Crippen LogP contribution is -2.70. The molecule has 3 amide bonds. The summed E-state index contributed by atoms with van der Waals surface area (Å²) in [4.78, 5) is 69.5. The van der Waals surface area contributed by atoms with Crippen LogP contribution in [0.2, 0.25) is 0 Å². The van der Waals surface area contributed by atoms with Gasteiger partial charge in [0, 0.05) is 12.0 Å². The number of amides is 3. The van der Waals surface area contributed by atoms with E-state index in [0.717, 1.165) is 22.3 Å². The molecule has 0 spiro atoms. The minimum atomic E-state index is -1.08. The van der Waals surface area contributed by atoms with Gasteiger partial charge in [0.2, 0.25) is 5.91 Å². The number of carbonyl (C=O) groups excluding carboxylic acids is 5. The van der Waals surface area contributed by atoms with Gasteiger partial charge >= 0.3 is 11.9 Å². The molecule has 3 atom stereocenters. The first kappa shape index (κ1) is 40.5. The number of nitrogens with zero attached hydrogens (tertiary/aromatic N) is 1. The van der Waals surface area contributed by atoms with Crippen LogP contribution in [-0.2, 0) is 33.4 Å². The van der Waals surface area contributed by atoms with Gasteiger partial charge < -0.3 is 24.8 Å². The van der Waals surface area contributed by atoms with Crippen LogP contribution in [0.25, 0.3) is 0 Å². The quantitative estimate of drug-likeness (QED) is 0.0807. The zero-order valence-corrected chi connectivity index (χ0v) is 33.1. The van der Waals surface area contributed by atoms with E-state index in [1.54, 1.807) is 30.3 Å². The summed E-state index contributed by atoms with van der Waals surface area (Å²) >= 11 is 1.36. The van der Waals surface area contributed by atoms with Crippen LogP contribution >= 0.6 is 11.8 Å². The Balaban J connectivity index is 1.01. The van der Waals surface area contributed by atoms with Crippen LogP contribution in [0, 0.1) is 0 Å². The molecule has 2 N–H and O–H groups in total. The van der Waals surface area contributed by atoms with Gasteiger partial charge in [0.15, 0.2) is 17.9 Å². The lowest BCUT2D eigenvalue weighted by Gasteiger charge is -2.49. The van der Waals surface area contributed by atoms with Crippen LogP contribution in [-0.4, -0.2) is 64.9 Å². The van der Waals surface area contributed by atoms with E-state index in [0.29, 0.717) is 11.3 Å². The van der Waals surface area contributed by atoms with Crippen molar-refractivity contribution < 1.29 is 38.2 Å². The fourth-order valence-corrected chi connectivity index (χ4v) is 8.37. The summed E-state index contributed by atoms with van der Waals surface area (Å²) < 4.78 is 17.8. The van der Waals surface area contributed by atoms with E-state index < -0.39 is 59.3 Å². The minimum Gasteiger partial charge on any atom is -0.498 e. The van der Waals surface area contributed by atoms with Gasteiger partial charge in [-0.25, -0.2) is 9.59 Å². The number of benzene rings is 5. The van der Waals surface area contributed by atoms with Gasteiger partial charge in [-0.2, -0.15) is 0 Å². The third-order valence-corrected chi connectivity index (χ3v) is 11.3. The molecule has 7 rings (SSSR count). The van der Waals surface area contributed by atoms with Crippen molar-refractivity contribution in [2.45, 2.75) is 48.9 Å². The number of hydrogen-bond acceptors (Lipinski definition) is 9. The van der Waals surface area contributed by atoms with E-state index in [1.807, 2.05) is 121 Å². The Bertz CT molecular complexity index is 2200. The summed E-state index contributed by atoms with van der Waals surface area (Å²) in [5.74, 6) is -2.16. The molecule has 2 heterocycles. The molecule has 0 aromatic heterocycles. The van der Waals surface area contributed by atoms with Crippen molar-refractivity contribution in [3.8, 4) is 0 Å². The number of rotatable bonds is 16. The maximum Gasteiger partial charge on any atom is 0.359 e. The summed E-state index contributed by atoms with van der Waals surface area (Å²) in [5.41, 5.74) is 3.41. The average Bonchev–Trinajstić information content (AvgIpc) is 3.29. The fourth-order valence-electron chi connectivity index (χ4n) is 7.06. The predicted octanol–water partition coefficient (Wildman–Crippen LogP) is 6.88. The molecule has 1 unspecified atom stereocenters. The van der Waals surface area contributed by atoms with Crippen molar-refractivity contribution in [2.24, 2.45) is 0 Å². The summed E-state index contributed by atoms with van der Waals surface area (Å²) in [7, 11) is 1.44. The fraction of sp³-hybridized carbons (Fsp3) is 0.213. The monoisotopic (exact) mass is 809 g/mol. The second-order valence-electron chi connectivity index (χ2n) is 14.0. The van der Waals surface area contributed by atoms with Gasteiger partial charge in [0.1, 0.15) is 23.2 Å². The van der Waals surface area contributed by atoms with E-state index >= 15 is 0 Å². The lowest BCUT2D eigenvalue weighted by molar-refractivity contribution is -0.155. The number of thioether (sulfide) groups is 1. The largest absolute Gasteiger partial charge is 0.498 e. The zero-order valence-electron chi connectivity index (χ0n) is 32.3. The lowest BCUT2D eigenvalue weighted by atomic mass is 10.0. The SMILES string of the molecule is COC1=C(C(=O)OC(c2ccccc2)c2ccccc2)N2C(=O)[C@@H](NC(=O)CCCC(NC(=O)c3ccccc3)C(=O)OC(c3ccccc3)c3ccccc3)[C@H]2SC1. The van der Waals surface area contributed by atoms with Crippen LogP contribution in [0.1, 0.15) is 64.1 Å². The first-order chi connectivity index (χ1) is 28.8. The molecular formula is C47H43N3O8S. The molecule has 11 nitrogen and oxygen atoms in total. The van der Waals surface area contributed by atoms with Gasteiger partial charge in [-0.05, 0) is 47.2 Å². The third kappa shape index (κ3) is 9.56. The van der Waals surface area contributed by atoms with Crippen molar-refractivity contribution in [1.29, 1.82) is 0 Å². The number of β-lactam (4-membered cyclic amide) rings is 1. The summed E-state index contributed by atoms with van der Waals surface area (Å²) in [5, 5.41) is 5.07. The van der Waals surface area contributed by atoms with Crippen molar-refractivity contribution in [3.63, 3.8) is 0 Å². The Morgan fingerprint density at radius 2 is 1.17 bits per heavy atom. The molecule has 2 aliphatic rings. The van der Waals surface area contributed by atoms with Gasteiger partial charge in [0.25, 0.3) is 11.8 Å². The second kappa shape index (κ2) is 19.2. The highest BCUT2D eigenvalue weighted by Crippen LogP contribution is 2.42. The maximum atomic E-state index is 13.9. The molecule has 12 heteroatoms. The number of methoxy groups -OCH3 is 1. The molecule has 0 aliphatic carbocycles. The Hall–Kier alpha value is -6.66. The minimum absolute atomic E-state index is 0.00318. The number of nitrogens with one attached hydrogen (secondary N) is 2. The maximum absolute atomic E-state index is 13.9. The predicted molar refractivity (Wildman–Crippen MR) is 222 cm³/mol. The molecule has 0 radical (unpaired) electrons. The molecule has 0 saturated carbocycles. The Labute approximate surface area is 346 Å². The van der Waals surface area contributed by atoms with E-state index in [2.05, 4.69) is 10.6 Å². The van der Waals surface area contributed by atoms with Gasteiger partial charge in [-0.3, -0.25) is 19.3 Å². The zero-order chi connectivity index (χ0) is 41.1. The molecule has 5 aromatic carbocycles. The summed E-state index contributed by atoms with van der Waals surface area (Å²) in [6.45, 7) is 0. The third-order valence-electron chi connectivity index (χ3n) is 10.1. The molecule has 1 fully saturated rings. The number of ether oxygens (including phenoxy) is 3. The standard InChI is InChI=1S/C47H43N3O8S/c1-56-37-30-59-45-39(44(53)50(45)40(37)47(55)58-42(33-22-11-4-12-23-33)34-24-13-5-14-25-34)49-38(51)29-17-28-36(48-43(52)35-26-15-6-16-27-35)46(54)57-41(31-18-7-2-8-19-31)32-20-9-3-10-21-32/h2-16,18-27,36,39,41-42,45H,17,28-30H2,1H3,(H,48,52)(H,49,51)/t36?,39-,45-/m1/s1. The first-order valence-corrected chi connectivity index (χ1v) is 20.4. The topological polar surface area (TPSA) is 140 Å². The van der Waals surface area contributed by atoms with Crippen molar-refractivity contribution in [2.75, 3.05) is 12.9 Å². The molecule has 59 heavy (non-hydrogen) atoms. The Morgan fingerprint density at radius 3 is 1.66 bits per heavy atom. The summed E-state index contributed by atoms with van der Waals surface area (Å²) in [6.07, 6.45) is -1.24.